The lowest BCUT2D eigenvalue weighted by Gasteiger charge is -2.26. The van der Waals surface area contributed by atoms with Crippen molar-refractivity contribution >= 4 is 21.8 Å². The largest absolute Gasteiger partial charge is 0.387 e. The van der Waals surface area contributed by atoms with Crippen molar-refractivity contribution in [1.29, 1.82) is 0 Å². The van der Waals surface area contributed by atoms with Gasteiger partial charge in [-0.1, -0.05) is 28.1 Å². The van der Waals surface area contributed by atoms with Gasteiger partial charge in [0.2, 0.25) is 0 Å². The first-order valence-electron chi connectivity index (χ1n) is 7.84. The molecule has 1 aromatic carbocycles. The van der Waals surface area contributed by atoms with E-state index >= 15 is 0 Å². The molecule has 1 atom stereocenters. The SMILES string of the molecule is CN(C)CC1(O)CCN(C(=O)c2cc(-c3ccc(Br)cc3)n[nH]2)C1. The smallest absolute Gasteiger partial charge is 0.271 e. The van der Waals surface area contributed by atoms with Crippen molar-refractivity contribution in [3.8, 4) is 11.3 Å². The van der Waals surface area contributed by atoms with Crippen molar-refractivity contribution in [2.45, 2.75) is 12.0 Å². The quantitative estimate of drug-likeness (QED) is 0.834. The predicted molar refractivity (Wildman–Crippen MR) is 95.7 cm³/mol. The normalized spacial score (nSPS) is 20.8. The lowest BCUT2D eigenvalue weighted by atomic mass is 10.0. The maximum absolute atomic E-state index is 12.6. The molecule has 1 aliphatic rings. The van der Waals surface area contributed by atoms with Gasteiger partial charge in [0.1, 0.15) is 5.69 Å². The van der Waals surface area contributed by atoms with E-state index in [-0.39, 0.29) is 5.91 Å². The van der Waals surface area contributed by atoms with Crippen LogP contribution in [0.25, 0.3) is 11.3 Å². The number of aromatic amines is 1. The number of benzene rings is 1. The van der Waals surface area contributed by atoms with Gasteiger partial charge in [-0.2, -0.15) is 5.10 Å². The number of carbonyl (C=O) groups excluding carboxylic acids is 1. The van der Waals surface area contributed by atoms with Crippen molar-refractivity contribution < 1.29 is 9.90 Å². The molecule has 128 valence electrons. The molecule has 1 aromatic heterocycles. The monoisotopic (exact) mass is 392 g/mol. The molecule has 2 N–H and O–H groups in total. The maximum Gasteiger partial charge on any atom is 0.271 e. The molecule has 7 heteroatoms. The number of likely N-dealkylation sites (tertiary alicyclic amines) is 1. The van der Waals surface area contributed by atoms with Crippen LogP contribution >= 0.6 is 15.9 Å². The second kappa shape index (κ2) is 6.66. The molecule has 0 aliphatic carbocycles. The number of halogens is 1. The third-order valence-corrected chi connectivity index (χ3v) is 4.71. The number of aliphatic hydroxyl groups is 1. The summed E-state index contributed by atoms with van der Waals surface area (Å²) in [6.45, 7) is 1.44. The molecule has 0 spiro atoms. The Bertz CT molecular complexity index is 728. The van der Waals surface area contributed by atoms with E-state index in [4.69, 9.17) is 0 Å². The van der Waals surface area contributed by atoms with Crippen LogP contribution in [0.4, 0.5) is 0 Å². The van der Waals surface area contributed by atoms with Gasteiger partial charge in [-0.25, -0.2) is 0 Å². The van der Waals surface area contributed by atoms with Crippen molar-refractivity contribution in [3.63, 3.8) is 0 Å². The van der Waals surface area contributed by atoms with Crippen LogP contribution in [0.1, 0.15) is 16.9 Å². The highest BCUT2D eigenvalue weighted by atomic mass is 79.9. The van der Waals surface area contributed by atoms with Gasteiger partial charge in [0, 0.05) is 23.1 Å². The van der Waals surface area contributed by atoms with E-state index in [0.717, 1.165) is 15.7 Å². The van der Waals surface area contributed by atoms with Crippen molar-refractivity contribution in [2.24, 2.45) is 0 Å². The lowest BCUT2D eigenvalue weighted by Crippen LogP contribution is -2.43. The molecule has 0 radical (unpaired) electrons. The molecule has 3 rings (SSSR count). The molecule has 0 bridgehead atoms. The van der Waals surface area contributed by atoms with E-state index in [9.17, 15) is 9.90 Å². The topological polar surface area (TPSA) is 72.5 Å². The minimum absolute atomic E-state index is 0.124. The van der Waals surface area contributed by atoms with Crippen LogP contribution in [0, 0.1) is 0 Å². The molecule has 0 saturated carbocycles. The number of hydrogen-bond acceptors (Lipinski definition) is 4. The zero-order valence-corrected chi connectivity index (χ0v) is 15.4. The summed E-state index contributed by atoms with van der Waals surface area (Å²) in [7, 11) is 3.84. The van der Waals surface area contributed by atoms with Crippen LogP contribution < -0.4 is 0 Å². The van der Waals surface area contributed by atoms with Crippen molar-refractivity contribution in [2.75, 3.05) is 33.7 Å². The van der Waals surface area contributed by atoms with E-state index in [1.54, 1.807) is 11.0 Å². The molecule has 1 saturated heterocycles. The predicted octanol–water partition coefficient (Wildman–Crippen LogP) is 1.98. The Kier molecular flexibility index (Phi) is 4.76. The highest BCUT2D eigenvalue weighted by Gasteiger charge is 2.39. The number of likely N-dealkylation sites (N-methyl/N-ethyl adjacent to an activating group) is 1. The molecule has 1 fully saturated rings. The first kappa shape index (κ1) is 17.1. The molecule has 24 heavy (non-hydrogen) atoms. The van der Waals surface area contributed by atoms with Gasteiger partial charge in [-0.05, 0) is 38.7 Å². The Balaban J connectivity index is 1.71. The zero-order chi connectivity index (χ0) is 17.3. The van der Waals surface area contributed by atoms with Gasteiger partial charge < -0.3 is 14.9 Å². The van der Waals surface area contributed by atoms with Gasteiger partial charge >= 0.3 is 0 Å². The van der Waals surface area contributed by atoms with Crippen LogP contribution in [-0.4, -0.2) is 70.3 Å². The number of amides is 1. The van der Waals surface area contributed by atoms with E-state index in [1.807, 2.05) is 43.3 Å². The summed E-state index contributed by atoms with van der Waals surface area (Å²) in [6, 6.07) is 9.52. The second-order valence-corrected chi connectivity index (χ2v) is 7.53. The fourth-order valence-corrected chi connectivity index (χ4v) is 3.38. The summed E-state index contributed by atoms with van der Waals surface area (Å²) in [5, 5.41) is 17.6. The van der Waals surface area contributed by atoms with E-state index < -0.39 is 5.60 Å². The van der Waals surface area contributed by atoms with E-state index in [2.05, 4.69) is 26.1 Å². The average Bonchev–Trinajstić information content (AvgIpc) is 3.14. The summed E-state index contributed by atoms with van der Waals surface area (Å²) in [5.41, 5.74) is 1.28. The lowest BCUT2D eigenvalue weighted by molar-refractivity contribution is 0.0235. The van der Waals surface area contributed by atoms with E-state index in [1.165, 1.54) is 0 Å². The zero-order valence-electron chi connectivity index (χ0n) is 13.8. The minimum atomic E-state index is -0.840. The number of nitrogens with one attached hydrogen (secondary N) is 1. The summed E-state index contributed by atoms with van der Waals surface area (Å²) in [5.74, 6) is -0.124. The van der Waals surface area contributed by atoms with Gasteiger partial charge in [0.15, 0.2) is 0 Å². The van der Waals surface area contributed by atoms with Crippen LogP contribution in [0.15, 0.2) is 34.8 Å². The summed E-state index contributed by atoms with van der Waals surface area (Å²) < 4.78 is 0.996. The summed E-state index contributed by atoms with van der Waals surface area (Å²) >= 11 is 3.40. The highest BCUT2D eigenvalue weighted by molar-refractivity contribution is 9.10. The Hall–Kier alpha value is -1.70. The number of β-amino-alcohol motifs (C(OH)–C–C–N with tert-alkyl or cyclic N) is 1. The molecule has 6 nitrogen and oxygen atoms in total. The van der Waals surface area contributed by atoms with E-state index in [0.29, 0.717) is 31.7 Å². The molecule has 2 heterocycles. The van der Waals surface area contributed by atoms with Crippen molar-refractivity contribution in [3.05, 3.63) is 40.5 Å². The van der Waals surface area contributed by atoms with Gasteiger partial charge in [-0.15, -0.1) is 0 Å². The molecule has 1 unspecified atom stereocenters. The summed E-state index contributed by atoms with van der Waals surface area (Å²) in [6.07, 6.45) is 0.588. The fourth-order valence-electron chi connectivity index (χ4n) is 3.12. The molecular weight excluding hydrogens is 372 g/mol. The maximum atomic E-state index is 12.6. The number of nitrogens with zero attached hydrogens (tertiary/aromatic N) is 3. The molecule has 1 amide bonds. The Morgan fingerprint density at radius 1 is 1.42 bits per heavy atom. The third-order valence-electron chi connectivity index (χ3n) is 4.18. The van der Waals surface area contributed by atoms with Crippen LogP contribution in [0.3, 0.4) is 0 Å². The van der Waals surface area contributed by atoms with Crippen molar-refractivity contribution in [1.82, 2.24) is 20.0 Å². The Morgan fingerprint density at radius 2 is 2.12 bits per heavy atom. The first-order valence-corrected chi connectivity index (χ1v) is 8.63. The molecular formula is C17H21BrN4O2. The highest BCUT2D eigenvalue weighted by Crippen LogP contribution is 2.25. The van der Waals surface area contributed by atoms with Crippen LogP contribution in [-0.2, 0) is 0 Å². The summed E-state index contributed by atoms with van der Waals surface area (Å²) in [4.78, 5) is 16.3. The first-order chi connectivity index (χ1) is 11.4. The standard InChI is InChI=1S/C17H21BrN4O2/c1-21(2)10-17(24)7-8-22(11-17)16(23)15-9-14(19-20-15)12-3-5-13(18)6-4-12/h3-6,9,24H,7-8,10-11H2,1-2H3,(H,19,20). The molecule has 2 aromatic rings. The second-order valence-electron chi connectivity index (χ2n) is 6.61. The van der Waals surface area contributed by atoms with Gasteiger partial charge in [-0.3, -0.25) is 9.89 Å². The third kappa shape index (κ3) is 3.68. The van der Waals surface area contributed by atoms with Crippen LogP contribution in [0.5, 0.6) is 0 Å². The molecule has 1 aliphatic heterocycles. The number of aromatic nitrogens is 2. The average molecular weight is 393 g/mol. The minimum Gasteiger partial charge on any atom is -0.387 e. The fraction of sp³-hybridized carbons (Fsp3) is 0.412. The van der Waals surface area contributed by atoms with Crippen LogP contribution in [0.2, 0.25) is 0 Å². The number of rotatable bonds is 4. The van der Waals surface area contributed by atoms with Gasteiger partial charge in [0.25, 0.3) is 5.91 Å². The number of hydrogen-bond donors (Lipinski definition) is 2. The number of H-pyrrole nitrogens is 1. The number of carbonyl (C=O) groups is 1. The van der Waals surface area contributed by atoms with Gasteiger partial charge in [0.05, 0.1) is 17.8 Å². The Labute approximate surface area is 149 Å². The Morgan fingerprint density at radius 3 is 2.79 bits per heavy atom.